The van der Waals surface area contributed by atoms with Crippen molar-refractivity contribution in [3.63, 3.8) is 0 Å². The van der Waals surface area contributed by atoms with E-state index in [2.05, 4.69) is 25.1 Å². The van der Waals surface area contributed by atoms with Gasteiger partial charge in [-0.25, -0.2) is 4.98 Å². The van der Waals surface area contributed by atoms with E-state index >= 15 is 0 Å². The normalized spacial score (nSPS) is 12.3. The number of rotatable bonds is 3. The van der Waals surface area contributed by atoms with Gasteiger partial charge in [0, 0.05) is 16.8 Å². The SMILES string of the molecule is Cc1ccc2nc3ccccc3c(CC(N)CO)c2c1.Cl. The zero-order valence-electron chi connectivity index (χ0n) is 11.9. The lowest BCUT2D eigenvalue weighted by Crippen LogP contribution is -2.27. The van der Waals surface area contributed by atoms with E-state index in [1.54, 1.807) is 0 Å². The summed E-state index contributed by atoms with van der Waals surface area (Å²) in [4.78, 5) is 4.71. The minimum Gasteiger partial charge on any atom is -0.395 e. The summed E-state index contributed by atoms with van der Waals surface area (Å²) >= 11 is 0. The number of fused-ring (bicyclic) bond motifs is 2. The van der Waals surface area contributed by atoms with Crippen LogP contribution < -0.4 is 5.73 Å². The molecule has 0 fully saturated rings. The first-order valence-electron chi connectivity index (χ1n) is 6.83. The van der Waals surface area contributed by atoms with Crippen LogP contribution in [0.3, 0.4) is 0 Å². The van der Waals surface area contributed by atoms with Gasteiger partial charge in [0.05, 0.1) is 17.6 Å². The van der Waals surface area contributed by atoms with Gasteiger partial charge in [-0.2, -0.15) is 0 Å². The van der Waals surface area contributed by atoms with E-state index in [1.165, 1.54) is 11.1 Å². The second kappa shape index (κ2) is 6.39. The molecule has 1 unspecified atom stereocenters. The van der Waals surface area contributed by atoms with Crippen molar-refractivity contribution in [1.29, 1.82) is 0 Å². The van der Waals surface area contributed by atoms with Crippen LogP contribution in [0.25, 0.3) is 21.8 Å². The highest BCUT2D eigenvalue weighted by molar-refractivity contribution is 5.97. The van der Waals surface area contributed by atoms with E-state index in [1.807, 2.05) is 24.3 Å². The molecule has 0 spiro atoms. The lowest BCUT2D eigenvalue weighted by molar-refractivity contribution is 0.265. The van der Waals surface area contributed by atoms with Crippen LogP contribution in [0.5, 0.6) is 0 Å². The highest BCUT2D eigenvalue weighted by Gasteiger charge is 2.12. The van der Waals surface area contributed by atoms with E-state index in [9.17, 15) is 5.11 Å². The zero-order chi connectivity index (χ0) is 14.1. The summed E-state index contributed by atoms with van der Waals surface area (Å²) in [6.45, 7) is 2.06. The first kappa shape index (κ1) is 15.7. The van der Waals surface area contributed by atoms with Crippen molar-refractivity contribution in [3.05, 3.63) is 53.6 Å². The van der Waals surface area contributed by atoms with Crippen molar-refractivity contribution in [2.45, 2.75) is 19.4 Å². The van der Waals surface area contributed by atoms with Crippen molar-refractivity contribution in [2.24, 2.45) is 5.73 Å². The Morgan fingerprint density at radius 2 is 1.81 bits per heavy atom. The number of aliphatic hydroxyl groups excluding tert-OH is 1. The van der Waals surface area contributed by atoms with Crippen molar-refractivity contribution in [2.75, 3.05) is 6.61 Å². The molecule has 110 valence electrons. The number of nitrogens with two attached hydrogens (primary N) is 1. The molecule has 3 N–H and O–H groups in total. The standard InChI is InChI=1S/C17H18N2O.ClH/c1-11-6-7-17-15(8-11)14(9-12(18)10-20)13-4-2-3-5-16(13)19-17;/h2-8,12,20H,9-10,18H2,1H3;1H. The third kappa shape index (κ3) is 3.00. The number of hydrogen-bond acceptors (Lipinski definition) is 3. The number of para-hydroxylation sites is 1. The minimum atomic E-state index is -0.246. The molecule has 0 saturated heterocycles. The molecular formula is C17H19ClN2O. The third-order valence-corrected chi connectivity index (χ3v) is 3.65. The van der Waals surface area contributed by atoms with Gasteiger partial charge in [-0.3, -0.25) is 0 Å². The molecular weight excluding hydrogens is 284 g/mol. The summed E-state index contributed by atoms with van der Waals surface area (Å²) in [6, 6.07) is 14.1. The Morgan fingerprint density at radius 1 is 1.10 bits per heavy atom. The Kier molecular flexibility index (Phi) is 4.78. The van der Waals surface area contributed by atoms with Gasteiger partial charge < -0.3 is 10.8 Å². The summed E-state index contributed by atoms with van der Waals surface area (Å²) < 4.78 is 0. The lowest BCUT2D eigenvalue weighted by atomic mass is 9.96. The predicted octanol–water partition coefficient (Wildman–Crippen LogP) is 2.98. The molecule has 1 aromatic heterocycles. The second-order valence-corrected chi connectivity index (χ2v) is 5.27. The highest BCUT2D eigenvalue weighted by atomic mass is 35.5. The van der Waals surface area contributed by atoms with Crippen LogP contribution in [0.15, 0.2) is 42.5 Å². The van der Waals surface area contributed by atoms with Crippen LogP contribution in [0.1, 0.15) is 11.1 Å². The van der Waals surface area contributed by atoms with Gasteiger partial charge in [0.1, 0.15) is 0 Å². The average molecular weight is 303 g/mol. The monoisotopic (exact) mass is 302 g/mol. The Morgan fingerprint density at radius 3 is 2.57 bits per heavy atom. The molecule has 4 heteroatoms. The molecule has 0 bridgehead atoms. The summed E-state index contributed by atoms with van der Waals surface area (Å²) in [5.41, 5.74) is 10.3. The Hall–Kier alpha value is -1.68. The fourth-order valence-corrected chi connectivity index (χ4v) is 2.64. The molecule has 1 atom stereocenters. The fourth-order valence-electron chi connectivity index (χ4n) is 2.64. The number of aromatic nitrogens is 1. The van der Waals surface area contributed by atoms with Crippen LogP contribution in [0, 0.1) is 6.92 Å². The Balaban J connectivity index is 0.00000161. The topological polar surface area (TPSA) is 59.1 Å². The van der Waals surface area contributed by atoms with E-state index in [4.69, 9.17) is 10.7 Å². The summed E-state index contributed by atoms with van der Waals surface area (Å²) in [5.74, 6) is 0. The lowest BCUT2D eigenvalue weighted by Gasteiger charge is -2.14. The third-order valence-electron chi connectivity index (χ3n) is 3.65. The minimum absolute atomic E-state index is 0. The maximum absolute atomic E-state index is 9.25. The van der Waals surface area contributed by atoms with Gasteiger partial charge in [-0.15, -0.1) is 12.4 Å². The molecule has 2 aromatic carbocycles. The van der Waals surface area contributed by atoms with Crippen LogP contribution in [-0.4, -0.2) is 22.7 Å². The first-order valence-corrected chi connectivity index (χ1v) is 6.83. The molecule has 0 saturated carbocycles. The Labute approximate surface area is 130 Å². The van der Waals surface area contributed by atoms with Gasteiger partial charge >= 0.3 is 0 Å². The fraction of sp³-hybridized carbons (Fsp3) is 0.235. The van der Waals surface area contributed by atoms with Crippen molar-refractivity contribution in [1.82, 2.24) is 4.98 Å². The van der Waals surface area contributed by atoms with Gasteiger partial charge in [0.25, 0.3) is 0 Å². The smallest absolute Gasteiger partial charge is 0.0712 e. The van der Waals surface area contributed by atoms with Crippen molar-refractivity contribution in [3.8, 4) is 0 Å². The number of aryl methyl sites for hydroxylation is 1. The zero-order valence-corrected chi connectivity index (χ0v) is 12.7. The maximum atomic E-state index is 9.25. The summed E-state index contributed by atoms with van der Waals surface area (Å²) in [5, 5.41) is 11.5. The van der Waals surface area contributed by atoms with Gasteiger partial charge in [-0.05, 0) is 37.1 Å². The quantitative estimate of drug-likeness (QED) is 0.731. The second-order valence-electron chi connectivity index (χ2n) is 5.27. The van der Waals surface area contributed by atoms with Crippen LogP contribution >= 0.6 is 12.4 Å². The molecule has 21 heavy (non-hydrogen) atoms. The maximum Gasteiger partial charge on any atom is 0.0712 e. The molecule has 3 rings (SSSR count). The number of hydrogen-bond donors (Lipinski definition) is 2. The van der Waals surface area contributed by atoms with Crippen molar-refractivity contribution < 1.29 is 5.11 Å². The van der Waals surface area contributed by atoms with Gasteiger partial charge in [0.15, 0.2) is 0 Å². The van der Waals surface area contributed by atoms with Gasteiger partial charge in [-0.1, -0.05) is 29.8 Å². The van der Waals surface area contributed by atoms with E-state index in [0.717, 1.165) is 21.8 Å². The van der Waals surface area contributed by atoms with Crippen LogP contribution in [-0.2, 0) is 6.42 Å². The Bertz CT molecular complexity index is 773. The average Bonchev–Trinajstić information content (AvgIpc) is 2.47. The molecule has 3 aromatic rings. The van der Waals surface area contributed by atoms with Crippen LogP contribution in [0.2, 0.25) is 0 Å². The van der Waals surface area contributed by atoms with Crippen molar-refractivity contribution >= 4 is 34.2 Å². The molecule has 0 radical (unpaired) electrons. The summed E-state index contributed by atoms with van der Waals surface area (Å²) in [7, 11) is 0. The van der Waals surface area contributed by atoms with E-state index in [0.29, 0.717) is 6.42 Å². The molecule has 0 aliphatic rings. The number of benzene rings is 2. The molecule has 0 amide bonds. The van der Waals surface area contributed by atoms with E-state index < -0.39 is 0 Å². The number of halogens is 1. The van der Waals surface area contributed by atoms with Crippen LogP contribution in [0.4, 0.5) is 0 Å². The number of pyridine rings is 1. The first-order chi connectivity index (χ1) is 9.69. The summed E-state index contributed by atoms with van der Waals surface area (Å²) in [6.07, 6.45) is 0.652. The number of nitrogens with zero attached hydrogens (tertiary/aromatic N) is 1. The molecule has 1 heterocycles. The molecule has 0 aliphatic heterocycles. The van der Waals surface area contributed by atoms with E-state index in [-0.39, 0.29) is 25.1 Å². The number of aliphatic hydroxyl groups is 1. The highest BCUT2D eigenvalue weighted by Crippen LogP contribution is 2.27. The molecule has 0 aliphatic carbocycles. The van der Waals surface area contributed by atoms with Gasteiger partial charge in [0.2, 0.25) is 0 Å². The largest absolute Gasteiger partial charge is 0.395 e. The predicted molar refractivity (Wildman–Crippen MR) is 90.0 cm³/mol. The molecule has 3 nitrogen and oxygen atoms in total.